The molecule has 3 rings (SSSR count). The van der Waals surface area contributed by atoms with Gasteiger partial charge in [0.2, 0.25) is 5.91 Å². The van der Waals surface area contributed by atoms with Crippen LogP contribution in [0.2, 0.25) is 5.02 Å². The second-order valence-corrected chi connectivity index (χ2v) is 6.70. The van der Waals surface area contributed by atoms with Crippen molar-refractivity contribution in [1.29, 1.82) is 0 Å². The first kappa shape index (κ1) is 18.4. The predicted octanol–water partition coefficient (Wildman–Crippen LogP) is 4.02. The quantitative estimate of drug-likeness (QED) is 0.773. The van der Waals surface area contributed by atoms with Gasteiger partial charge in [0.15, 0.2) is 0 Å². The zero-order valence-corrected chi connectivity index (χ0v) is 14.7. The molecule has 2 aliphatic rings. The third-order valence-corrected chi connectivity index (χ3v) is 4.52. The van der Waals surface area contributed by atoms with E-state index in [0.29, 0.717) is 23.0 Å². The Morgan fingerprint density at radius 2 is 1.96 bits per heavy atom. The average Bonchev–Trinajstić information content (AvgIpc) is 3.16. The topological polar surface area (TPSA) is 50.4 Å². The number of hydrogen-bond acceptors (Lipinski definition) is 3. The van der Waals surface area contributed by atoms with E-state index in [1.165, 1.54) is 25.7 Å². The van der Waals surface area contributed by atoms with Crippen molar-refractivity contribution in [2.75, 3.05) is 18.4 Å². The molecule has 2 N–H and O–H groups in total. The van der Waals surface area contributed by atoms with E-state index in [1.807, 2.05) is 12.1 Å². The Bertz CT molecular complexity index is 529. The van der Waals surface area contributed by atoms with E-state index in [4.69, 9.17) is 16.3 Å². The lowest BCUT2D eigenvalue weighted by Crippen LogP contribution is -2.29. The Morgan fingerprint density at radius 1 is 1.22 bits per heavy atom. The van der Waals surface area contributed by atoms with Gasteiger partial charge in [0, 0.05) is 5.69 Å². The summed E-state index contributed by atoms with van der Waals surface area (Å²) < 4.78 is 5.91. The SMILES string of the molecule is Cl.O=C(CNCC1CC1)Nc1ccc(OC2CCCC2)c(Cl)c1. The van der Waals surface area contributed by atoms with Gasteiger partial charge in [-0.1, -0.05) is 11.6 Å². The smallest absolute Gasteiger partial charge is 0.238 e. The van der Waals surface area contributed by atoms with Crippen LogP contribution in [-0.4, -0.2) is 25.1 Å². The lowest BCUT2D eigenvalue weighted by molar-refractivity contribution is -0.115. The van der Waals surface area contributed by atoms with Gasteiger partial charge in [0.05, 0.1) is 17.7 Å². The van der Waals surface area contributed by atoms with Gasteiger partial charge in [-0.3, -0.25) is 4.79 Å². The van der Waals surface area contributed by atoms with Crippen molar-refractivity contribution in [1.82, 2.24) is 5.32 Å². The van der Waals surface area contributed by atoms with Gasteiger partial charge in [-0.2, -0.15) is 0 Å². The summed E-state index contributed by atoms with van der Waals surface area (Å²) in [7, 11) is 0. The summed E-state index contributed by atoms with van der Waals surface area (Å²) in [5.74, 6) is 1.44. The van der Waals surface area contributed by atoms with E-state index < -0.39 is 0 Å². The van der Waals surface area contributed by atoms with Gasteiger partial charge in [0.1, 0.15) is 5.75 Å². The molecule has 1 aromatic rings. The highest BCUT2D eigenvalue weighted by Gasteiger charge is 2.21. The number of halogens is 2. The summed E-state index contributed by atoms with van der Waals surface area (Å²) in [6.07, 6.45) is 7.50. The number of carbonyl (C=O) groups excluding carboxylic acids is 1. The Kier molecular flexibility index (Phi) is 7.00. The molecule has 0 radical (unpaired) electrons. The minimum absolute atomic E-state index is 0. The van der Waals surface area contributed by atoms with Crippen molar-refractivity contribution in [3.63, 3.8) is 0 Å². The molecule has 0 aliphatic heterocycles. The zero-order chi connectivity index (χ0) is 15.4. The van der Waals surface area contributed by atoms with Gasteiger partial charge < -0.3 is 15.4 Å². The predicted molar refractivity (Wildman–Crippen MR) is 95.8 cm³/mol. The molecule has 2 fully saturated rings. The lowest BCUT2D eigenvalue weighted by Gasteiger charge is -2.15. The summed E-state index contributed by atoms with van der Waals surface area (Å²) in [4.78, 5) is 11.8. The molecule has 0 atom stereocenters. The fourth-order valence-electron chi connectivity index (χ4n) is 2.78. The van der Waals surface area contributed by atoms with Gasteiger partial charge in [-0.25, -0.2) is 0 Å². The summed E-state index contributed by atoms with van der Waals surface area (Å²) in [6, 6.07) is 5.44. The van der Waals surface area contributed by atoms with Crippen LogP contribution in [0.3, 0.4) is 0 Å². The van der Waals surface area contributed by atoms with Crippen LogP contribution in [0, 0.1) is 5.92 Å². The molecule has 2 aliphatic carbocycles. The van der Waals surface area contributed by atoms with Crippen molar-refractivity contribution in [3.8, 4) is 5.75 Å². The number of benzene rings is 1. The molecular weight excluding hydrogens is 335 g/mol. The van der Waals surface area contributed by atoms with E-state index >= 15 is 0 Å². The molecule has 0 saturated heterocycles. The Morgan fingerprint density at radius 3 is 2.61 bits per heavy atom. The summed E-state index contributed by atoms with van der Waals surface area (Å²) in [5, 5.41) is 6.58. The van der Waals surface area contributed by atoms with Crippen LogP contribution in [0.25, 0.3) is 0 Å². The van der Waals surface area contributed by atoms with Crippen molar-refractivity contribution < 1.29 is 9.53 Å². The number of nitrogens with one attached hydrogen (secondary N) is 2. The molecule has 1 amide bonds. The molecule has 0 aromatic heterocycles. The van der Waals surface area contributed by atoms with Crippen LogP contribution in [0.5, 0.6) is 5.75 Å². The van der Waals surface area contributed by atoms with Crippen molar-refractivity contribution in [2.45, 2.75) is 44.6 Å². The maximum Gasteiger partial charge on any atom is 0.238 e. The zero-order valence-electron chi connectivity index (χ0n) is 13.1. The molecule has 23 heavy (non-hydrogen) atoms. The summed E-state index contributed by atoms with van der Waals surface area (Å²) in [6.45, 7) is 1.27. The largest absolute Gasteiger partial charge is 0.489 e. The minimum Gasteiger partial charge on any atom is -0.489 e. The Hall–Kier alpha value is -0.970. The number of anilines is 1. The molecule has 2 saturated carbocycles. The molecule has 0 bridgehead atoms. The van der Waals surface area contributed by atoms with Gasteiger partial charge in [-0.05, 0) is 69.2 Å². The van der Waals surface area contributed by atoms with Gasteiger partial charge in [0.25, 0.3) is 0 Å². The third-order valence-electron chi connectivity index (χ3n) is 4.23. The standard InChI is InChI=1S/C17H23ClN2O2.ClH/c18-15-9-13(20-17(21)11-19-10-12-5-6-12)7-8-16(15)22-14-3-1-2-4-14;/h7-9,12,14,19H,1-6,10-11H2,(H,20,21);1H. The van der Waals surface area contributed by atoms with Gasteiger partial charge in [-0.15, -0.1) is 12.4 Å². The first-order valence-corrected chi connectivity index (χ1v) is 8.55. The van der Waals surface area contributed by atoms with E-state index in [1.54, 1.807) is 6.07 Å². The third kappa shape index (κ3) is 5.87. The molecule has 6 heteroatoms. The van der Waals surface area contributed by atoms with Crippen LogP contribution in [0.15, 0.2) is 18.2 Å². The van der Waals surface area contributed by atoms with E-state index in [0.717, 1.165) is 25.3 Å². The van der Waals surface area contributed by atoms with Crippen molar-refractivity contribution in [3.05, 3.63) is 23.2 Å². The highest BCUT2D eigenvalue weighted by molar-refractivity contribution is 6.32. The maximum atomic E-state index is 11.8. The second kappa shape index (κ2) is 8.76. The molecule has 4 nitrogen and oxygen atoms in total. The molecule has 0 heterocycles. The average molecular weight is 359 g/mol. The Labute approximate surface area is 148 Å². The van der Waals surface area contributed by atoms with Crippen molar-refractivity contribution >= 4 is 35.6 Å². The Balaban J connectivity index is 0.00000192. The summed E-state index contributed by atoms with van der Waals surface area (Å²) >= 11 is 6.25. The number of amides is 1. The first-order valence-electron chi connectivity index (χ1n) is 8.17. The second-order valence-electron chi connectivity index (χ2n) is 6.29. The highest BCUT2D eigenvalue weighted by atomic mass is 35.5. The molecular formula is C17H24Cl2N2O2. The number of hydrogen-bond donors (Lipinski definition) is 2. The molecule has 0 unspecified atom stereocenters. The van der Waals surface area contributed by atoms with E-state index in [9.17, 15) is 4.79 Å². The van der Waals surface area contributed by atoms with Crippen molar-refractivity contribution in [2.24, 2.45) is 5.92 Å². The monoisotopic (exact) mass is 358 g/mol. The number of carbonyl (C=O) groups is 1. The summed E-state index contributed by atoms with van der Waals surface area (Å²) in [5.41, 5.74) is 0.710. The fourth-order valence-corrected chi connectivity index (χ4v) is 3.00. The molecule has 128 valence electrons. The highest BCUT2D eigenvalue weighted by Crippen LogP contribution is 2.31. The lowest BCUT2D eigenvalue weighted by atomic mass is 10.2. The van der Waals surface area contributed by atoms with E-state index in [-0.39, 0.29) is 24.4 Å². The maximum absolute atomic E-state index is 11.8. The van der Waals surface area contributed by atoms with Crippen LogP contribution < -0.4 is 15.4 Å². The minimum atomic E-state index is -0.0406. The molecule has 1 aromatic carbocycles. The molecule has 0 spiro atoms. The van der Waals surface area contributed by atoms with Crippen LogP contribution in [0.1, 0.15) is 38.5 Å². The number of ether oxygens (including phenoxy) is 1. The van der Waals surface area contributed by atoms with E-state index in [2.05, 4.69) is 10.6 Å². The van der Waals surface area contributed by atoms with Crippen LogP contribution in [-0.2, 0) is 4.79 Å². The van der Waals surface area contributed by atoms with Crippen LogP contribution in [0.4, 0.5) is 5.69 Å². The van der Waals surface area contributed by atoms with Gasteiger partial charge >= 0.3 is 0 Å². The number of rotatable bonds is 7. The normalized spacial score (nSPS) is 17.6. The fraction of sp³-hybridized carbons (Fsp3) is 0.588. The first-order chi connectivity index (χ1) is 10.7. The van der Waals surface area contributed by atoms with Crippen LogP contribution >= 0.6 is 24.0 Å².